The van der Waals surface area contributed by atoms with E-state index in [1.165, 1.54) is 6.33 Å². The second-order valence-corrected chi connectivity index (χ2v) is 8.08. The zero-order valence-electron chi connectivity index (χ0n) is 16.6. The van der Waals surface area contributed by atoms with Crippen LogP contribution >= 0.6 is 0 Å². The summed E-state index contributed by atoms with van der Waals surface area (Å²) in [5.74, 6) is 1.11. The number of nitrogens with zero attached hydrogens (tertiary/aromatic N) is 6. The Morgan fingerprint density at radius 2 is 2.04 bits per heavy atom. The normalized spacial score (nSPS) is 22.1. The lowest BCUT2D eigenvalue weighted by molar-refractivity contribution is -0.149. The first-order valence-corrected chi connectivity index (χ1v) is 9.70. The highest BCUT2D eigenvalue weighted by molar-refractivity contribution is 5.89. The molecule has 1 aliphatic carbocycles. The van der Waals surface area contributed by atoms with Gasteiger partial charge in [-0.3, -0.25) is 9.69 Å². The Morgan fingerprint density at radius 3 is 2.70 bits per heavy atom. The standard InChI is InChI=1S/C19H28N6O2/c1-13-15-16(20-12-21-17(15)27-22-13)25-10-5-7-14(11-25)24(4)18(26)19(23(2)3)8-6-9-19/h12,14H,5-11H2,1-4H3. The molecule has 8 nitrogen and oxygen atoms in total. The molecule has 1 unspecified atom stereocenters. The van der Waals surface area contributed by atoms with Crippen LogP contribution in [0.25, 0.3) is 11.1 Å². The monoisotopic (exact) mass is 372 g/mol. The molecule has 0 aromatic carbocycles. The summed E-state index contributed by atoms with van der Waals surface area (Å²) in [6.07, 6.45) is 6.58. The molecule has 1 saturated carbocycles. The first-order valence-electron chi connectivity index (χ1n) is 9.70. The molecule has 3 heterocycles. The molecule has 2 fully saturated rings. The van der Waals surface area contributed by atoms with Gasteiger partial charge in [-0.15, -0.1) is 0 Å². The zero-order chi connectivity index (χ0) is 19.2. The Hall–Kier alpha value is -2.22. The maximum Gasteiger partial charge on any atom is 0.263 e. The molecule has 2 aliphatic rings. The van der Waals surface area contributed by atoms with Gasteiger partial charge in [-0.2, -0.15) is 4.98 Å². The molecule has 0 radical (unpaired) electrons. The first-order chi connectivity index (χ1) is 12.9. The summed E-state index contributed by atoms with van der Waals surface area (Å²) < 4.78 is 5.29. The summed E-state index contributed by atoms with van der Waals surface area (Å²) in [7, 11) is 6.00. The Morgan fingerprint density at radius 1 is 1.26 bits per heavy atom. The van der Waals surface area contributed by atoms with E-state index < -0.39 is 0 Å². The maximum atomic E-state index is 13.3. The summed E-state index contributed by atoms with van der Waals surface area (Å²) in [5.41, 5.74) is 1.00. The van der Waals surface area contributed by atoms with Gasteiger partial charge in [0, 0.05) is 26.2 Å². The minimum absolute atomic E-state index is 0.175. The quantitative estimate of drug-likeness (QED) is 0.810. The summed E-state index contributed by atoms with van der Waals surface area (Å²) in [4.78, 5) is 28.3. The van der Waals surface area contributed by atoms with Gasteiger partial charge in [0.15, 0.2) is 0 Å². The first kappa shape index (κ1) is 18.2. The molecule has 1 atom stereocenters. The van der Waals surface area contributed by atoms with Crippen LogP contribution < -0.4 is 4.90 Å². The van der Waals surface area contributed by atoms with Gasteiger partial charge in [0.05, 0.1) is 5.69 Å². The molecular formula is C19H28N6O2. The number of hydrogen-bond acceptors (Lipinski definition) is 7. The van der Waals surface area contributed by atoms with E-state index in [0.29, 0.717) is 5.71 Å². The zero-order valence-corrected chi connectivity index (χ0v) is 16.6. The highest BCUT2D eigenvalue weighted by Gasteiger charge is 2.48. The number of hydrogen-bond donors (Lipinski definition) is 0. The third-order valence-electron chi connectivity index (χ3n) is 6.42. The number of aromatic nitrogens is 3. The molecule has 8 heteroatoms. The fourth-order valence-corrected chi connectivity index (χ4v) is 4.46. The number of rotatable bonds is 4. The molecule has 1 aliphatic heterocycles. The lowest BCUT2D eigenvalue weighted by Gasteiger charge is -2.49. The van der Waals surface area contributed by atoms with E-state index >= 15 is 0 Å². The fourth-order valence-electron chi connectivity index (χ4n) is 4.46. The number of anilines is 1. The third-order valence-corrected chi connectivity index (χ3v) is 6.42. The average molecular weight is 372 g/mol. The number of carbonyl (C=O) groups is 1. The molecule has 146 valence electrons. The number of aryl methyl sites for hydroxylation is 1. The molecule has 2 aromatic rings. The molecular weight excluding hydrogens is 344 g/mol. The number of carbonyl (C=O) groups excluding carboxylic acids is 1. The minimum Gasteiger partial charge on any atom is -0.354 e. The summed E-state index contributed by atoms with van der Waals surface area (Å²) in [6, 6.07) is 0.175. The van der Waals surface area contributed by atoms with Gasteiger partial charge < -0.3 is 14.3 Å². The third kappa shape index (κ3) is 2.86. The van der Waals surface area contributed by atoms with Crippen LogP contribution in [0.3, 0.4) is 0 Å². The number of likely N-dealkylation sites (N-methyl/N-ethyl adjacent to an activating group) is 2. The van der Waals surface area contributed by atoms with Crippen LogP contribution in [0.2, 0.25) is 0 Å². The number of piperidine rings is 1. The van der Waals surface area contributed by atoms with Crippen LogP contribution in [-0.2, 0) is 4.79 Å². The van der Waals surface area contributed by atoms with E-state index in [2.05, 4.69) is 24.9 Å². The molecule has 0 spiro atoms. The van der Waals surface area contributed by atoms with Crippen molar-refractivity contribution in [2.75, 3.05) is 39.1 Å². The average Bonchev–Trinajstić information content (AvgIpc) is 3.01. The highest BCUT2D eigenvalue weighted by atomic mass is 16.5. The van der Waals surface area contributed by atoms with Crippen LogP contribution in [-0.4, -0.2) is 76.6 Å². The summed E-state index contributed by atoms with van der Waals surface area (Å²) in [6.45, 7) is 3.59. The molecule has 27 heavy (non-hydrogen) atoms. The second kappa shape index (κ2) is 6.74. The smallest absolute Gasteiger partial charge is 0.263 e. The Labute approximate surface area is 159 Å². The largest absolute Gasteiger partial charge is 0.354 e. The van der Waals surface area contributed by atoms with E-state index in [1.807, 2.05) is 33.0 Å². The topological polar surface area (TPSA) is 78.6 Å². The Bertz CT molecular complexity index is 844. The predicted molar refractivity (Wildman–Crippen MR) is 103 cm³/mol. The van der Waals surface area contributed by atoms with Gasteiger partial charge in [-0.1, -0.05) is 5.16 Å². The Kier molecular flexibility index (Phi) is 4.53. The molecule has 0 bridgehead atoms. The van der Waals surface area contributed by atoms with Crippen molar-refractivity contribution >= 4 is 22.8 Å². The highest BCUT2D eigenvalue weighted by Crippen LogP contribution is 2.38. The van der Waals surface area contributed by atoms with Gasteiger partial charge >= 0.3 is 0 Å². The van der Waals surface area contributed by atoms with Crippen molar-refractivity contribution in [3.05, 3.63) is 12.0 Å². The van der Waals surface area contributed by atoms with Crippen molar-refractivity contribution in [3.8, 4) is 0 Å². The van der Waals surface area contributed by atoms with Crippen molar-refractivity contribution < 1.29 is 9.32 Å². The molecule has 1 amide bonds. The van der Waals surface area contributed by atoms with Crippen molar-refractivity contribution in [2.45, 2.75) is 50.6 Å². The van der Waals surface area contributed by atoms with E-state index in [9.17, 15) is 4.79 Å². The van der Waals surface area contributed by atoms with Crippen LogP contribution in [0.15, 0.2) is 10.9 Å². The van der Waals surface area contributed by atoms with E-state index in [0.717, 1.165) is 62.1 Å². The SMILES string of the molecule is Cc1noc2ncnc(N3CCCC(N(C)C(=O)C4(N(C)C)CCC4)C3)c12. The van der Waals surface area contributed by atoms with Crippen LogP contribution in [0, 0.1) is 6.92 Å². The van der Waals surface area contributed by atoms with Gasteiger partial charge in [0.2, 0.25) is 5.91 Å². The van der Waals surface area contributed by atoms with Crippen molar-refractivity contribution in [3.63, 3.8) is 0 Å². The fraction of sp³-hybridized carbons (Fsp3) is 0.684. The van der Waals surface area contributed by atoms with E-state index in [-0.39, 0.29) is 17.5 Å². The minimum atomic E-state index is -0.315. The molecule has 0 N–H and O–H groups in total. The van der Waals surface area contributed by atoms with Gasteiger partial charge in [0.1, 0.15) is 23.1 Å². The lowest BCUT2D eigenvalue weighted by atomic mass is 9.74. The van der Waals surface area contributed by atoms with Gasteiger partial charge in [0.25, 0.3) is 5.71 Å². The number of amides is 1. The van der Waals surface area contributed by atoms with Crippen molar-refractivity contribution in [1.82, 2.24) is 24.9 Å². The summed E-state index contributed by atoms with van der Waals surface area (Å²) in [5, 5.41) is 4.90. The molecule has 2 aromatic heterocycles. The van der Waals surface area contributed by atoms with Crippen molar-refractivity contribution in [2.24, 2.45) is 0 Å². The molecule has 1 saturated heterocycles. The Balaban J connectivity index is 1.56. The summed E-state index contributed by atoms with van der Waals surface area (Å²) >= 11 is 0. The number of fused-ring (bicyclic) bond motifs is 1. The van der Waals surface area contributed by atoms with Crippen LogP contribution in [0.1, 0.15) is 37.8 Å². The van der Waals surface area contributed by atoms with E-state index in [4.69, 9.17) is 4.52 Å². The maximum absolute atomic E-state index is 13.3. The molecule has 4 rings (SSSR count). The van der Waals surface area contributed by atoms with Gasteiger partial charge in [-0.05, 0) is 53.1 Å². The van der Waals surface area contributed by atoms with Crippen LogP contribution in [0.5, 0.6) is 0 Å². The van der Waals surface area contributed by atoms with Gasteiger partial charge in [-0.25, -0.2) is 4.98 Å². The second-order valence-electron chi connectivity index (χ2n) is 8.08. The van der Waals surface area contributed by atoms with E-state index in [1.54, 1.807) is 0 Å². The predicted octanol–water partition coefficient (Wildman–Crippen LogP) is 1.84. The van der Waals surface area contributed by atoms with Crippen molar-refractivity contribution in [1.29, 1.82) is 0 Å². The van der Waals surface area contributed by atoms with Crippen LogP contribution in [0.4, 0.5) is 5.82 Å². The lowest BCUT2D eigenvalue weighted by Crippen LogP contribution is -2.63.